The number of rotatable bonds is 12. The number of nitrogens with zero attached hydrogens (tertiary/aromatic N) is 3. The van der Waals surface area contributed by atoms with Gasteiger partial charge in [-0.05, 0) is 39.2 Å². The lowest BCUT2D eigenvalue weighted by Gasteiger charge is -2.42. The number of esters is 1. The van der Waals surface area contributed by atoms with E-state index in [9.17, 15) is 14.0 Å². The smallest absolute Gasteiger partial charge is 0.408 e. The zero-order valence-corrected chi connectivity index (χ0v) is 27.7. The Morgan fingerprint density at radius 3 is 2.57 bits per heavy atom. The van der Waals surface area contributed by atoms with E-state index in [1.807, 2.05) is 20.8 Å². The quantitative estimate of drug-likeness (QED) is 0.194. The molecular formula is C33H47FN4O5S. The number of aromatic nitrogens is 2. The van der Waals surface area contributed by atoms with E-state index in [4.69, 9.17) is 14.2 Å². The number of carbonyl (C=O) groups excluding carboxylic acids is 2. The van der Waals surface area contributed by atoms with Crippen molar-refractivity contribution >= 4 is 29.6 Å². The Morgan fingerprint density at radius 1 is 1.20 bits per heavy atom. The minimum atomic E-state index is -0.733. The lowest BCUT2D eigenvalue weighted by Crippen LogP contribution is -2.54. The fourth-order valence-corrected chi connectivity index (χ4v) is 6.95. The molecule has 44 heavy (non-hydrogen) atoms. The molecule has 242 valence electrons. The number of fused-ring (bicyclic) bond motifs is 1. The minimum Gasteiger partial charge on any atom is -0.484 e. The summed E-state index contributed by atoms with van der Waals surface area (Å²) in [6, 6.07) is 3.96. The minimum absolute atomic E-state index is 0.169. The second-order valence-corrected chi connectivity index (χ2v) is 13.9. The largest absolute Gasteiger partial charge is 0.484 e. The van der Waals surface area contributed by atoms with Crippen molar-refractivity contribution in [2.24, 2.45) is 11.8 Å². The predicted molar refractivity (Wildman–Crippen MR) is 170 cm³/mol. The number of anilines is 1. The molecule has 0 saturated carbocycles. The summed E-state index contributed by atoms with van der Waals surface area (Å²) < 4.78 is 31.1. The van der Waals surface area contributed by atoms with E-state index >= 15 is 0 Å². The van der Waals surface area contributed by atoms with E-state index in [1.165, 1.54) is 37.4 Å². The molecule has 3 atom stereocenters. The summed E-state index contributed by atoms with van der Waals surface area (Å²) in [4.78, 5) is 36.8. The van der Waals surface area contributed by atoms with Gasteiger partial charge in [-0.25, -0.2) is 19.2 Å². The number of hydrogen-bond acceptors (Lipinski definition) is 9. The summed E-state index contributed by atoms with van der Waals surface area (Å²) in [5.41, 5.74) is -0.641. The number of piperidine rings is 1. The van der Waals surface area contributed by atoms with Crippen LogP contribution in [0, 0.1) is 17.7 Å². The van der Waals surface area contributed by atoms with Gasteiger partial charge in [-0.15, -0.1) is 11.8 Å². The molecule has 1 fully saturated rings. The maximum absolute atomic E-state index is 14.1. The van der Waals surface area contributed by atoms with E-state index in [2.05, 4.69) is 34.0 Å². The van der Waals surface area contributed by atoms with Crippen molar-refractivity contribution in [3.63, 3.8) is 0 Å². The van der Waals surface area contributed by atoms with E-state index in [-0.39, 0.29) is 17.7 Å². The second kappa shape index (κ2) is 14.8. The van der Waals surface area contributed by atoms with Crippen LogP contribution < -0.4 is 15.0 Å². The highest BCUT2D eigenvalue weighted by molar-refractivity contribution is 7.99. The van der Waals surface area contributed by atoms with Crippen molar-refractivity contribution in [3.8, 4) is 5.75 Å². The van der Waals surface area contributed by atoms with E-state index in [1.54, 1.807) is 18.5 Å². The third kappa shape index (κ3) is 8.55. The lowest BCUT2D eigenvalue weighted by atomic mass is 9.82. The maximum Gasteiger partial charge on any atom is 0.408 e. The molecule has 4 rings (SSSR count). The van der Waals surface area contributed by atoms with Crippen LogP contribution in [-0.2, 0) is 14.3 Å². The fraction of sp³-hybridized carbons (Fsp3) is 0.636. The molecule has 2 aliphatic rings. The number of nitrogens with one attached hydrogen (secondary N) is 1. The van der Waals surface area contributed by atoms with Gasteiger partial charge in [0.05, 0.1) is 25.4 Å². The van der Waals surface area contributed by atoms with Gasteiger partial charge in [-0.1, -0.05) is 45.6 Å². The van der Waals surface area contributed by atoms with Crippen LogP contribution in [0.1, 0.15) is 91.2 Å². The molecule has 1 aromatic heterocycles. The molecule has 2 unspecified atom stereocenters. The Balaban J connectivity index is 1.38. The van der Waals surface area contributed by atoms with Crippen molar-refractivity contribution in [1.82, 2.24) is 15.3 Å². The average molecular weight is 631 g/mol. The summed E-state index contributed by atoms with van der Waals surface area (Å²) in [5.74, 6) is 1.56. The second-order valence-electron chi connectivity index (χ2n) is 12.8. The van der Waals surface area contributed by atoms with Crippen molar-refractivity contribution in [2.75, 3.05) is 30.9 Å². The number of ether oxygens (including phenoxy) is 3. The number of methoxy groups -OCH3 is 1. The molecule has 0 aliphatic carbocycles. The van der Waals surface area contributed by atoms with Crippen LogP contribution in [0.25, 0.3) is 0 Å². The van der Waals surface area contributed by atoms with Gasteiger partial charge >= 0.3 is 12.1 Å². The summed E-state index contributed by atoms with van der Waals surface area (Å²) >= 11 is 1.53. The highest BCUT2D eigenvalue weighted by Gasteiger charge is 2.51. The number of halogens is 1. The number of amides is 1. The third-order valence-electron chi connectivity index (χ3n) is 8.46. The third-order valence-corrected chi connectivity index (χ3v) is 9.54. The van der Waals surface area contributed by atoms with Gasteiger partial charge in [0.2, 0.25) is 0 Å². The van der Waals surface area contributed by atoms with E-state index < -0.39 is 23.3 Å². The first-order valence-corrected chi connectivity index (χ1v) is 16.7. The first-order valence-electron chi connectivity index (χ1n) is 15.7. The van der Waals surface area contributed by atoms with Crippen molar-refractivity contribution < 1.29 is 28.2 Å². The molecule has 1 spiro atoms. The molecule has 1 N–H and O–H groups in total. The van der Waals surface area contributed by atoms with Gasteiger partial charge in [0.15, 0.2) is 0 Å². The van der Waals surface area contributed by atoms with Gasteiger partial charge in [-0.2, -0.15) is 0 Å². The van der Waals surface area contributed by atoms with Gasteiger partial charge in [0.25, 0.3) is 0 Å². The molecule has 2 aliphatic heterocycles. The number of thioether (sulfide) groups is 1. The fourth-order valence-electron chi connectivity index (χ4n) is 6.05. The Bertz CT molecular complexity index is 1260. The zero-order chi connectivity index (χ0) is 31.9. The van der Waals surface area contributed by atoms with Crippen LogP contribution in [0.5, 0.6) is 5.75 Å². The van der Waals surface area contributed by atoms with Crippen molar-refractivity contribution in [2.45, 2.75) is 102 Å². The Kier molecular flexibility index (Phi) is 11.4. The van der Waals surface area contributed by atoms with Crippen LogP contribution >= 0.6 is 11.8 Å². The topological polar surface area (TPSA) is 103 Å². The van der Waals surface area contributed by atoms with Crippen LogP contribution in [0.2, 0.25) is 0 Å². The summed E-state index contributed by atoms with van der Waals surface area (Å²) in [6.07, 6.45) is 9.46. The standard InChI is InChI=1S/C33H47FN4O5S/c1-7-9-10-22(8-2)17-23(30(39)41-6)21-44-28-20-35-27(19-36-28)38-15-13-33(14-16-38)29(37-31(40)43-32(3,4)5)25-12-11-24(34)18-26(25)42-33/h11-12,18-20,22-23,29H,7-10,13-17,21H2,1-6H3,(H,37,40)/t22?,23?,29-/m1/s1. The molecular weight excluding hydrogens is 583 g/mol. The van der Waals surface area contributed by atoms with Crippen molar-refractivity contribution in [3.05, 3.63) is 42.0 Å². The first-order chi connectivity index (χ1) is 21.0. The number of carbonyl (C=O) groups is 2. The molecule has 11 heteroatoms. The molecule has 0 bridgehead atoms. The average Bonchev–Trinajstić information content (AvgIpc) is 3.27. The number of unbranched alkanes of at least 4 members (excludes halogenated alkanes) is 1. The molecule has 0 radical (unpaired) electrons. The molecule has 1 aromatic carbocycles. The lowest BCUT2D eigenvalue weighted by molar-refractivity contribution is -0.145. The van der Waals surface area contributed by atoms with Gasteiger partial charge in [-0.3, -0.25) is 4.79 Å². The Labute approximate surface area is 265 Å². The first kappa shape index (κ1) is 33.8. The molecule has 2 aromatic rings. The van der Waals surface area contributed by atoms with E-state index in [0.717, 1.165) is 42.1 Å². The van der Waals surface area contributed by atoms with Crippen LogP contribution in [0.3, 0.4) is 0 Å². The normalized spacial score (nSPS) is 18.7. The molecule has 3 heterocycles. The highest BCUT2D eigenvalue weighted by atomic mass is 32.2. The van der Waals surface area contributed by atoms with Crippen molar-refractivity contribution in [1.29, 1.82) is 0 Å². The number of benzene rings is 1. The predicted octanol–water partition coefficient (Wildman–Crippen LogP) is 7.10. The maximum atomic E-state index is 14.1. The van der Waals surface area contributed by atoms with Gasteiger partial charge in [0.1, 0.15) is 39.7 Å². The van der Waals surface area contributed by atoms with Gasteiger partial charge < -0.3 is 24.4 Å². The summed E-state index contributed by atoms with van der Waals surface area (Å²) in [6.45, 7) is 11.0. The molecule has 1 amide bonds. The van der Waals surface area contributed by atoms with Crippen LogP contribution in [0.4, 0.5) is 15.0 Å². The highest BCUT2D eigenvalue weighted by Crippen LogP contribution is 2.49. The number of hydrogen-bond donors (Lipinski definition) is 1. The molecule has 9 nitrogen and oxygen atoms in total. The van der Waals surface area contributed by atoms with E-state index in [0.29, 0.717) is 43.4 Å². The molecule has 1 saturated heterocycles. The summed E-state index contributed by atoms with van der Waals surface area (Å²) in [7, 11) is 1.45. The van der Waals surface area contributed by atoms with Crippen LogP contribution in [-0.4, -0.2) is 59.2 Å². The van der Waals surface area contributed by atoms with Gasteiger partial charge in [0, 0.05) is 43.3 Å². The van der Waals surface area contributed by atoms with Crippen LogP contribution in [0.15, 0.2) is 35.6 Å². The Morgan fingerprint density at radius 2 is 1.95 bits per heavy atom. The monoisotopic (exact) mass is 630 g/mol. The summed E-state index contributed by atoms with van der Waals surface area (Å²) in [5, 5.41) is 3.76. The SMILES string of the molecule is CCCCC(CC)CC(CSc1cnc(N2CCC3(CC2)Oc2cc(F)ccc2[C@H]3NC(=O)OC(C)(C)C)cn1)C(=O)OC. The zero-order valence-electron chi connectivity index (χ0n) is 26.9. The number of alkyl carbamates (subject to hydrolysis) is 1. The Hall–Kier alpha value is -3.08.